The van der Waals surface area contributed by atoms with Gasteiger partial charge in [-0.3, -0.25) is 4.79 Å². The van der Waals surface area contributed by atoms with Crippen LogP contribution in [0.25, 0.3) is 11.1 Å². The van der Waals surface area contributed by atoms with Crippen molar-refractivity contribution >= 4 is 11.7 Å². The number of rotatable bonds is 8. The first-order chi connectivity index (χ1) is 16.9. The van der Waals surface area contributed by atoms with Gasteiger partial charge in [-0.15, -0.1) is 0 Å². The third kappa shape index (κ3) is 5.50. The predicted octanol–water partition coefficient (Wildman–Crippen LogP) is 4.95. The summed E-state index contributed by atoms with van der Waals surface area (Å²) in [6, 6.07) is 22.2. The van der Waals surface area contributed by atoms with Crippen LogP contribution in [-0.2, 0) is 22.6 Å². The van der Waals surface area contributed by atoms with Gasteiger partial charge in [0.25, 0.3) is 0 Å². The van der Waals surface area contributed by atoms with E-state index in [2.05, 4.69) is 41.3 Å². The molecule has 3 N–H and O–H groups in total. The molecule has 0 unspecified atom stereocenters. The van der Waals surface area contributed by atoms with Gasteiger partial charge in [-0.2, -0.15) is 0 Å². The van der Waals surface area contributed by atoms with Crippen molar-refractivity contribution in [3.05, 3.63) is 83.4 Å². The van der Waals surface area contributed by atoms with Crippen molar-refractivity contribution in [1.29, 1.82) is 0 Å². The van der Waals surface area contributed by atoms with Gasteiger partial charge in [-0.25, -0.2) is 0 Å². The molecule has 1 heterocycles. The fraction of sp³-hybridized carbons (Fsp3) is 0.345. The number of carboxylic acids is 1. The summed E-state index contributed by atoms with van der Waals surface area (Å²) in [7, 11) is 0. The van der Waals surface area contributed by atoms with Crippen molar-refractivity contribution in [1.82, 2.24) is 0 Å². The fourth-order valence-corrected chi connectivity index (χ4v) is 4.73. The minimum Gasteiger partial charge on any atom is -0.489 e. The van der Waals surface area contributed by atoms with Crippen molar-refractivity contribution in [2.24, 2.45) is 5.73 Å². The molecule has 6 heteroatoms. The van der Waals surface area contributed by atoms with Crippen LogP contribution in [0.5, 0.6) is 5.75 Å². The summed E-state index contributed by atoms with van der Waals surface area (Å²) < 4.78 is 12.2. The molecule has 0 radical (unpaired) electrons. The van der Waals surface area contributed by atoms with E-state index in [1.807, 2.05) is 31.2 Å². The molecule has 0 amide bonds. The molecular weight excluding hydrogens is 440 g/mol. The number of nitrogens with two attached hydrogens (primary N) is 1. The summed E-state index contributed by atoms with van der Waals surface area (Å²) >= 11 is 0. The van der Waals surface area contributed by atoms with E-state index in [1.54, 1.807) is 6.07 Å². The number of anilines is 1. The third-order valence-electron chi connectivity index (χ3n) is 6.85. The molecule has 5 rings (SSSR count). The van der Waals surface area contributed by atoms with Gasteiger partial charge >= 0.3 is 5.97 Å². The Labute approximate surface area is 206 Å². The average Bonchev–Trinajstić information content (AvgIpc) is 3.61. The summed E-state index contributed by atoms with van der Waals surface area (Å²) in [5.74, 6) is -0.273. The zero-order chi connectivity index (χ0) is 24.4. The van der Waals surface area contributed by atoms with Crippen molar-refractivity contribution in [3.63, 3.8) is 0 Å². The molecule has 1 saturated heterocycles. The van der Waals surface area contributed by atoms with Gasteiger partial charge in [-0.05, 0) is 72.4 Å². The number of para-hydroxylation sites is 1. The summed E-state index contributed by atoms with van der Waals surface area (Å²) in [6.45, 7) is 4.83. The molecule has 1 spiro atoms. The Hall–Kier alpha value is -3.35. The van der Waals surface area contributed by atoms with Crippen LogP contribution in [0, 0.1) is 0 Å². The van der Waals surface area contributed by atoms with Crippen LogP contribution in [0.2, 0.25) is 0 Å². The Bertz CT molecular complexity index is 1220. The molecule has 1 aliphatic carbocycles. The molecular formula is C29H32N2O4. The second kappa shape index (κ2) is 9.72. The molecule has 3 aromatic carbocycles. The van der Waals surface area contributed by atoms with E-state index in [-0.39, 0.29) is 18.1 Å². The quantitative estimate of drug-likeness (QED) is 0.483. The lowest BCUT2D eigenvalue weighted by atomic mass is 9.98. The highest BCUT2D eigenvalue weighted by Crippen LogP contribution is 2.43. The Morgan fingerprint density at radius 2 is 1.94 bits per heavy atom. The number of benzene rings is 3. The first-order valence-corrected chi connectivity index (χ1v) is 12.2. The summed E-state index contributed by atoms with van der Waals surface area (Å²) in [6.07, 6.45) is 2.17. The second-order valence-corrected chi connectivity index (χ2v) is 9.72. The molecule has 2 aliphatic rings. The monoisotopic (exact) mass is 472 g/mol. The summed E-state index contributed by atoms with van der Waals surface area (Å²) in [4.78, 5) is 13.7. The summed E-state index contributed by atoms with van der Waals surface area (Å²) in [5, 5.41) is 9.25. The van der Waals surface area contributed by atoms with Gasteiger partial charge in [0.05, 0.1) is 18.6 Å². The maximum atomic E-state index is 11.3. The number of hydrogen-bond donors (Lipinski definition) is 2. The smallest absolute Gasteiger partial charge is 0.307 e. The molecule has 0 aromatic heterocycles. The largest absolute Gasteiger partial charge is 0.489 e. The lowest BCUT2D eigenvalue weighted by Crippen LogP contribution is -2.44. The van der Waals surface area contributed by atoms with E-state index in [9.17, 15) is 9.90 Å². The first kappa shape index (κ1) is 23.4. The van der Waals surface area contributed by atoms with E-state index in [0.29, 0.717) is 17.9 Å². The minimum absolute atomic E-state index is 0.0234. The highest BCUT2D eigenvalue weighted by atomic mass is 16.5. The highest BCUT2D eigenvalue weighted by molar-refractivity contribution is 5.72. The lowest BCUT2D eigenvalue weighted by molar-refractivity contribution is -0.136. The number of carboxylic acid groups (broad SMARTS) is 1. The maximum absolute atomic E-state index is 11.3. The molecule has 1 atom stereocenters. The number of morpholine rings is 1. The SMILES string of the molecule is C[C@@H](N)c1cccc(-c2cc(COc3ccccc3CC(=O)O)cc(N3CCOC4(CC4)C3)c2)c1. The van der Waals surface area contributed by atoms with Gasteiger partial charge in [0.2, 0.25) is 0 Å². The molecule has 35 heavy (non-hydrogen) atoms. The minimum atomic E-state index is -0.874. The van der Waals surface area contributed by atoms with Gasteiger partial charge in [0.15, 0.2) is 0 Å². The van der Waals surface area contributed by atoms with Gasteiger partial charge in [-0.1, -0.05) is 36.4 Å². The molecule has 6 nitrogen and oxygen atoms in total. The Kier molecular flexibility index (Phi) is 6.50. The van der Waals surface area contributed by atoms with Crippen molar-refractivity contribution in [3.8, 4) is 16.9 Å². The van der Waals surface area contributed by atoms with Gasteiger partial charge < -0.3 is 25.2 Å². The zero-order valence-electron chi connectivity index (χ0n) is 20.1. The maximum Gasteiger partial charge on any atom is 0.307 e. The Morgan fingerprint density at radius 1 is 1.11 bits per heavy atom. The number of ether oxygens (including phenoxy) is 2. The fourth-order valence-electron chi connectivity index (χ4n) is 4.73. The highest BCUT2D eigenvalue weighted by Gasteiger charge is 2.47. The predicted molar refractivity (Wildman–Crippen MR) is 137 cm³/mol. The second-order valence-electron chi connectivity index (χ2n) is 9.72. The topological polar surface area (TPSA) is 85.0 Å². The lowest BCUT2D eigenvalue weighted by Gasteiger charge is -2.35. The van der Waals surface area contributed by atoms with Crippen molar-refractivity contribution in [2.75, 3.05) is 24.6 Å². The molecule has 0 bridgehead atoms. The van der Waals surface area contributed by atoms with E-state index in [0.717, 1.165) is 60.5 Å². The number of carbonyl (C=O) groups is 1. The van der Waals surface area contributed by atoms with E-state index >= 15 is 0 Å². The van der Waals surface area contributed by atoms with E-state index < -0.39 is 5.97 Å². The zero-order valence-corrected chi connectivity index (χ0v) is 20.1. The number of hydrogen-bond acceptors (Lipinski definition) is 5. The van der Waals surface area contributed by atoms with Crippen LogP contribution < -0.4 is 15.4 Å². The Morgan fingerprint density at radius 3 is 2.71 bits per heavy atom. The van der Waals surface area contributed by atoms with Crippen molar-refractivity contribution < 1.29 is 19.4 Å². The standard InChI is InChI=1S/C29H32N2O4/c1-20(30)22-6-4-7-23(15-22)25-13-21(18-34-27-8-3-2-5-24(27)17-28(32)33)14-26(16-25)31-11-12-35-29(19-31)9-10-29/h2-8,13-16,20H,9-12,17-19,30H2,1H3,(H,32,33)/t20-/m1/s1. The van der Waals surface area contributed by atoms with Crippen LogP contribution in [0.4, 0.5) is 5.69 Å². The van der Waals surface area contributed by atoms with Gasteiger partial charge in [0, 0.05) is 30.4 Å². The Balaban J connectivity index is 1.46. The van der Waals surface area contributed by atoms with Crippen LogP contribution in [-0.4, -0.2) is 36.4 Å². The first-order valence-electron chi connectivity index (χ1n) is 12.2. The molecule has 3 aromatic rings. The normalized spacial score (nSPS) is 17.3. The van der Waals surface area contributed by atoms with Crippen LogP contribution >= 0.6 is 0 Å². The number of nitrogens with zero attached hydrogens (tertiary/aromatic N) is 1. The molecule has 182 valence electrons. The van der Waals surface area contributed by atoms with Crippen LogP contribution in [0.1, 0.15) is 42.5 Å². The number of aliphatic carboxylic acids is 1. The average molecular weight is 473 g/mol. The van der Waals surface area contributed by atoms with Crippen LogP contribution in [0.15, 0.2) is 66.7 Å². The van der Waals surface area contributed by atoms with E-state index in [1.165, 1.54) is 0 Å². The van der Waals surface area contributed by atoms with Crippen molar-refractivity contribution in [2.45, 2.75) is 44.4 Å². The molecule has 1 aliphatic heterocycles. The van der Waals surface area contributed by atoms with E-state index in [4.69, 9.17) is 15.2 Å². The molecule has 1 saturated carbocycles. The summed E-state index contributed by atoms with van der Waals surface area (Å²) in [5.41, 5.74) is 12.3. The van der Waals surface area contributed by atoms with Gasteiger partial charge in [0.1, 0.15) is 12.4 Å². The molecule has 2 fully saturated rings. The van der Waals surface area contributed by atoms with Crippen LogP contribution in [0.3, 0.4) is 0 Å². The third-order valence-corrected chi connectivity index (χ3v) is 6.85.